The number of fused-ring (bicyclic) bond motifs is 1. The first-order valence-electron chi connectivity index (χ1n) is 6.87. The Hall–Kier alpha value is -2.34. The van der Waals surface area contributed by atoms with Crippen molar-refractivity contribution in [2.45, 2.75) is 27.1 Å². The number of aliphatic hydroxyl groups is 1. The molecular weight excluding hydrogens is 288 g/mol. The molecule has 0 aliphatic rings. The van der Waals surface area contributed by atoms with Crippen LogP contribution in [0.2, 0.25) is 0 Å². The van der Waals surface area contributed by atoms with Crippen LogP contribution in [0, 0.1) is 5.92 Å². The lowest BCUT2D eigenvalue weighted by atomic mass is 10.1. The zero-order chi connectivity index (χ0) is 16.3. The van der Waals surface area contributed by atoms with Crippen molar-refractivity contribution in [3.63, 3.8) is 0 Å². The second-order valence-corrected chi connectivity index (χ2v) is 5.18. The molecule has 1 aromatic heterocycles. The molecule has 0 radical (unpaired) electrons. The summed E-state index contributed by atoms with van der Waals surface area (Å²) in [7, 11) is 1.48. The predicted molar refractivity (Wildman–Crippen MR) is 79.6 cm³/mol. The Morgan fingerprint density at radius 3 is 2.64 bits per heavy atom. The first kappa shape index (κ1) is 16.0. The van der Waals surface area contributed by atoms with Gasteiger partial charge in [0.05, 0.1) is 25.0 Å². The van der Waals surface area contributed by atoms with Gasteiger partial charge in [-0.2, -0.15) is 0 Å². The van der Waals surface area contributed by atoms with Crippen molar-refractivity contribution in [3.8, 4) is 5.75 Å². The lowest BCUT2D eigenvalue weighted by molar-refractivity contribution is -0.148. The zero-order valence-electron chi connectivity index (χ0n) is 12.7. The molecule has 0 saturated carbocycles. The van der Waals surface area contributed by atoms with Crippen LogP contribution in [-0.4, -0.2) is 18.2 Å². The molecule has 0 aliphatic carbocycles. The van der Waals surface area contributed by atoms with Crippen molar-refractivity contribution in [3.05, 3.63) is 39.7 Å². The Kier molecular flexibility index (Phi) is 4.82. The maximum atomic E-state index is 11.7. The number of methoxy groups -OCH3 is 1. The Morgan fingerprint density at radius 2 is 2.05 bits per heavy atom. The van der Waals surface area contributed by atoms with E-state index < -0.39 is 5.63 Å². The van der Waals surface area contributed by atoms with E-state index in [9.17, 15) is 14.7 Å². The molecule has 0 spiro atoms. The molecule has 6 heteroatoms. The van der Waals surface area contributed by atoms with E-state index in [1.807, 2.05) is 0 Å². The van der Waals surface area contributed by atoms with Gasteiger partial charge in [-0.3, -0.25) is 4.79 Å². The van der Waals surface area contributed by atoms with Crippen LogP contribution < -0.4 is 10.4 Å². The maximum absolute atomic E-state index is 11.7. The smallest absolute Gasteiger partial charge is 0.336 e. The molecule has 0 bridgehead atoms. The van der Waals surface area contributed by atoms with Gasteiger partial charge in [-0.1, -0.05) is 13.8 Å². The van der Waals surface area contributed by atoms with Crippen LogP contribution in [0.5, 0.6) is 5.75 Å². The third kappa shape index (κ3) is 3.28. The van der Waals surface area contributed by atoms with Crippen molar-refractivity contribution in [2.24, 2.45) is 5.92 Å². The van der Waals surface area contributed by atoms with Crippen LogP contribution in [0.1, 0.15) is 25.0 Å². The third-order valence-electron chi connectivity index (χ3n) is 3.19. The molecule has 6 nitrogen and oxygen atoms in total. The highest BCUT2D eigenvalue weighted by Gasteiger charge is 2.15. The number of esters is 1. The summed E-state index contributed by atoms with van der Waals surface area (Å²) in [6.45, 7) is 3.21. The van der Waals surface area contributed by atoms with Gasteiger partial charge < -0.3 is 19.0 Å². The minimum Gasteiger partial charge on any atom is -0.496 e. The van der Waals surface area contributed by atoms with Gasteiger partial charge in [-0.05, 0) is 17.7 Å². The van der Waals surface area contributed by atoms with E-state index in [1.54, 1.807) is 26.0 Å². The van der Waals surface area contributed by atoms with E-state index in [-0.39, 0.29) is 30.7 Å². The molecule has 1 N–H and O–H groups in total. The summed E-state index contributed by atoms with van der Waals surface area (Å²) in [5.74, 6) is -0.164. The number of benzene rings is 1. The molecule has 0 aliphatic heterocycles. The predicted octanol–water partition coefficient (Wildman–Crippen LogP) is 1.99. The summed E-state index contributed by atoms with van der Waals surface area (Å²) in [5, 5.41) is 9.80. The molecule has 1 aromatic carbocycles. The van der Waals surface area contributed by atoms with Gasteiger partial charge in [0.1, 0.15) is 17.9 Å². The molecule has 1 heterocycles. The molecule has 0 unspecified atom stereocenters. The molecule has 22 heavy (non-hydrogen) atoms. The standard InChI is InChI=1S/C16H18O6/c1-9(2)16(19)21-8-11-6-14(18)22-13-5-10(7-17)4-12(20-3)15(11)13/h4-6,9,17H,7-8H2,1-3H3. The number of ether oxygens (including phenoxy) is 2. The van der Waals surface area contributed by atoms with Gasteiger partial charge in [0.15, 0.2) is 0 Å². The number of carbonyl (C=O) groups is 1. The quantitative estimate of drug-likeness (QED) is 0.671. The molecule has 0 amide bonds. The van der Waals surface area contributed by atoms with Crippen LogP contribution >= 0.6 is 0 Å². The minimum atomic E-state index is -0.555. The monoisotopic (exact) mass is 306 g/mol. The van der Waals surface area contributed by atoms with Crippen LogP contribution in [0.25, 0.3) is 11.0 Å². The van der Waals surface area contributed by atoms with Crippen molar-refractivity contribution < 1.29 is 23.8 Å². The van der Waals surface area contributed by atoms with Gasteiger partial charge in [-0.15, -0.1) is 0 Å². The van der Waals surface area contributed by atoms with Crippen molar-refractivity contribution >= 4 is 16.9 Å². The lowest BCUT2D eigenvalue weighted by Gasteiger charge is -2.12. The van der Waals surface area contributed by atoms with Gasteiger partial charge in [0.25, 0.3) is 0 Å². The Morgan fingerprint density at radius 1 is 1.32 bits per heavy atom. The number of carbonyl (C=O) groups excluding carboxylic acids is 1. The Labute approximate surface area is 127 Å². The Bertz CT molecular complexity index is 744. The highest BCUT2D eigenvalue weighted by Crippen LogP contribution is 2.30. The maximum Gasteiger partial charge on any atom is 0.336 e. The van der Waals surface area contributed by atoms with Crippen molar-refractivity contribution in [2.75, 3.05) is 7.11 Å². The normalized spacial score (nSPS) is 11.0. The van der Waals surface area contributed by atoms with E-state index in [0.29, 0.717) is 22.3 Å². The minimum absolute atomic E-state index is 0.0477. The summed E-state index contributed by atoms with van der Waals surface area (Å²) in [4.78, 5) is 23.3. The van der Waals surface area contributed by atoms with E-state index in [0.717, 1.165) is 0 Å². The summed E-state index contributed by atoms with van der Waals surface area (Å²) >= 11 is 0. The first-order valence-corrected chi connectivity index (χ1v) is 6.87. The fourth-order valence-electron chi connectivity index (χ4n) is 2.08. The number of aliphatic hydroxyl groups excluding tert-OH is 1. The zero-order valence-corrected chi connectivity index (χ0v) is 12.7. The lowest BCUT2D eigenvalue weighted by Crippen LogP contribution is -2.12. The molecule has 2 rings (SSSR count). The summed E-state index contributed by atoms with van der Waals surface area (Å²) in [6.07, 6.45) is 0. The van der Waals surface area contributed by atoms with Crippen LogP contribution in [0.4, 0.5) is 0 Å². The van der Waals surface area contributed by atoms with Crippen LogP contribution in [-0.2, 0) is 22.7 Å². The van der Waals surface area contributed by atoms with Gasteiger partial charge in [0.2, 0.25) is 0 Å². The SMILES string of the molecule is COc1cc(CO)cc2oc(=O)cc(COC(=O)C(C)C)c12. The highest BCUT2D eigenvalue weighted by molar-refractivity contribution is 5.87. The largest absolute Gasteiger partial charge is 0.496 e. The third-order valence-corrected chi connectivity index (χ3v) is 3.19. The second-order valence-electron chi connectivity index (χ2n) is 5.18. The molecular formula is C16H18O6. The molecule has 2 aromatic rings. The van der Waals surface area contributed by atoms with Crippen LogP contribution in [0.3, 0.4) is 0 Å². The molecule has 118 valence electrons. The van der Waals surface area contributed by atoms with E-state index in [4.69, 9.17) is 13.9 Å². The number of hydrogen-bond acceptors (Lipinski definition) is 6. The van der Waals surface area contributed by atoms with Crippen LogP contribution in [0.15, 0.2) is 27.4 Å². The Balaban J connectivity index is 2.53. The average molecular weight is 306 g/mol. The topological polar surface area (TPSA) is 86.0 Å². The fourth-order valence-corrected chi connectivity index (χ4v) is 2.08. The van der Waals surface area contributed by atoms with E-state index in [2.05, 4.69) is 0 Å². The van der Waals surface area contributed by atoms with E-state index in [1.165, 1.54) is 13.2 Å². The summed E-state index contributed by atoms with van der Waals surface area (Å²) in [6, 6.07) is 4.49. The fraction of sp³-hybridized carbons (Fsp3) is 0.375. The average Bonchev–Trinajstić information content (AvgIpc) is 2.50. The number of hydrogen-bond donors (Lipinski definition) is 1. The highest BCUT2D eigenvalue weighted by atomic mass is 16.5. The van der Waals surface area contributed by atoms with Gasteiger partial charge in [0, 0.05) is 11.6 Å². The molecule has 0 saturated heterocycles. The molecule has 0 fully saturated rings. The second kappa shape index (κ2) is 6.62. The molecule has 0 atom stereocenters. The van der Waals surface area contributed by atoms with Gasteiger partial charge >= 0.3 is 11.6 Å². The number of rotatable bonds is 5. The van der Waals surface area contributed by atoms with Gasteiger partial charge in [-0.25, -0.2) is 4.79 Å². The summed E-state index contributed by atoms with van der Waals surface area (Å²) < 4.78 is 15.6. The van der Waals surface area contributed by atoms with Crippen molar-refractivity contribution in [1.29, 1.82) is 0 Å². The first-order chi connectivity index (χ1) is 10.5. The van der Waals surface area contributed by atoms with E-state index >= 15 is 0 Å². The summed E-state index contributed by atoms with van der Waals surface area (Å²) in [5.41, 5.74) is 0.789. The van der Waals surface area contributed by atoms with Crippen molar-refractivity contribution in [1.82, 2.24) is 0 Å².